The summed E-state index contributed by atoms with van der Waals surface area (Å²) in [6, 6.07) is 0. The first-order chi connectivity index (χ1) is 10.3. The van der Waals surface area contributed by atoms with Gasteiger partial charge in [0.1, 0.15) is 0 Å². The molecule has 0 aliphatic heterocycles. The van der Waals surface area contributed by atoms with Crippen LogP contribution >= 0.6 is 0 Å². The molecule has 0 aromatic carbocycles. The van der Waals surface area contributed by atoms with Gasteiger partial charge in [-0.1, -0.05) is 25.5 Å². The number of ketones is 1. The molecular weight excluding hydrogens is 276 g/mol. The first kappa shape index (κ1) is 17.2. The van der Waals surface area contributed by atoms with Crippen molar-refractivity contribution < 1.29 is 14.3 Å². The van der Waals surface area contributed by atoms with Crippen LogP contribution in [0.2, 0.25) is 0 Å². The van der Waals surface area contributed by atoms with E-state index in [0.717, 1.165) is 24.8 Å². The zero-order chi connectivity index (χ0) is 16.5. The van der Waals surface area contributed by atoms with E-state index in [9.17, 15) is 4.79 Å². The predicted octanol–water partition coefficient (Wildman–Crippen LogP) is 4.06. The Morgan fingerprint density at radius 1 is 1.41 bits per heavy atom. The lowest BCUT2D eigenvalue weighted by atomic mass is 9.51. The van der Waals surface area contributed by atoms with Crippen LogP contribution in [0.1, 0.15) is 40.0 Å². The SMILES string of the molecule is C=C[C@@]12CC[C@@H](C)[C@](C)(CC(OC)OC)C1=CC(=O)C=C2C. The van der Waals surface area contributed by atoms with E-state index in [1.54, 1.807) is 20.3 Å². The molecule has 2 aliphatic carbocycles. The molecule has 1 saturated carbocycles. The van der Waals surface area contributed by atoms with Crippen LogP contribution in [-0.2, 0) is 14.3 Å². The molecule has 122 valence electrons. The van der Waals surface area contributed by atoms with Crippen molar-refractivity contribution in [2.45, 2.75) is 46.3 Å². The summed E-state index contributed by atoms with van der Waals surface area (Å²) in [5.41, 5.74) is 1.95. The van der Waals surface area contributed by atoms with Gasteiger partial charge in [0.15, 0.2) is 12.1 Å². The van der Waals surface area contributed by atoms with Crippen LogP contribution in [0.3, 0.4) is 0 Å². The minimum absolute atomic E-state index is 0.0803. The minimum Gasteiger partial charge on any atom is -0.356 e. The molecule has 0 unspecified atom stereocenters. The highest BCUT2D eigenvalue weighted by Crippen LogP contribution is 2.60. The Labute approximate surface area is 134 Å². The van der Waals surface area contributed by atoms with Crippen molar-refractivity contribution >= 4 is 5.78 Å². The van der Waals surface area contributed by atoms with Gasteiger partial charge in [-0.2, -0.15) is 0 Å². The lowest BCUT2D eigenvalue weighted by Gasteiger charge is -2.53. The van der Waals surface area contributed by atoms with E-state index in [1.165, 1.54) is 5.57 Å². The normalized spacial score (nSPS) is 35.0. The van der Waals surface area contributed by atoms with Crippen LogP contribution in [0, 0.1) is 16.7 Å². The average Bonchev–Trinajstić information content (AvgIpc) is 2.50. The molecule has 0 aromatic heterocycles. The molecular formula is C19H28O3. The van der Waals surface area contributed by atoms with Gasteiger partial charge in [0, 0.05) is 26.1 Å². The molecule has 0 radical (unpaired) electrons. The van der Waals surface area contributed by atoms with Crippen LogP contribution < -0.4 is 0 Å². The summed E-state index contributed by atoms with van der Waals surface area (Å²) in [4.78, 5) is 12.2. The third kappa shape index (κ3) is 2.50. The van der Waals surface area contributed by atoms with E-state index in [0.29, 0.717) is 5.92 Å². The molecule has 3 atom stereocenters. The zero-order valence-electron chi connectivity index (χ0n) is 14.4. The molecule has 0 bridgehead atoms. The van der Waals surface area contributed by atoms with Gasteiger partial charge in [0.25, 0.3) is 0 Å². The second-order valence-corrected chi connectivity index (χ2v) is 6.93. The molecule has 0 saturated heterocycles. The Hall–Kier alpha value is -1.19. The number of carbonyl (C=O) groups excluding carboxylic acids is 1. The van der Waals surface area contributed by atoms with Crippen molar-refractivity contribution in [2.75, 3.05) is 14.2 Å². The number of methoxy groups -OCH3 is 2. The highest BCUT2D eigenvalue weighted by atomic mass is 16.7. The summed E-state index contributed by atoms with van der Waals surface area (Å²) in [6.07, 6.45) is 8.19. The molecule has 2 rings (SSSR count). The summed E-state index contributed by atoms with van der Waals surface area (Å²) in [6.45, 7) is 10.6. The van der Waals surface area contributed by atoms with Gasteiger partial charge in [-0.15, -0.1) is 6.58 Å². The van der Waals surface area contributed by atoms with Crippen molar-refractivity contribution in [3.8, 4) is 0 Å². The first-order valence-corrected chi connectivity index (χ1v) is 7.98. The van der Waals surface area contributed by atoms with Crippen molar-refractivity contribution in [3.05, 3.63) is 36.0 Å². The molecule has 3 nitrogen and oxygen atoms in total. The van der Waals surface area contributed by atoms with Gasteiger partial charge in [0.2, 0.25) is 0 Å². The molecule has 0 heterocycles. The van der Waals surface area contributed by atoms with E-state index >= 15 is 0 Å². The second kappa shape index (κ2) is 6.13. The summed E-state index contributed by atoms with van der Waals surface area (Å²) in [5.74, 6) is 0.537. The molecule has 0 spiro atoms. The molecule has 1 fully saturated rings. The molecule has 2 aliphatic rings. The third-order valence-corrected chi connectivity index (χ3v) is 5.97. The van der Waals surface area contributed by atoms with Gasteiger partial charge in [-0.25, -0.2) is 0 Å². The van der Waals surface area contributed by atoms with Gasteiger partial charge >= 0.3 is 0 Å². The van der Waals surface area contributed by atoms with E-state index in [-0.39, 0.29) is 22.9 Å². The van der Waals surface area contributed by atoms with Crippen LogP contribution in [0.25, 0.3) is 0 Å². The highest BCUT2D eigenvalue weighted by molar-refractivity contribution is 6.02. The smallest absolute Gasteiger partial charge is 0.178 e. The van der Waals surface area contributed by atoms with Gasteiger partial charge in [0.05, 0.1) is 0 Å². The van der Waals surface area contributed by atoms with Crippen LogP contribution in [0.15, 0.2) is 36.0 Å². The van der Waals surface area contributed by atoms with Crippen LogP contribution in [-0.4, -0.2) is 26.3 Å². The Bertz CT molecular complexity index is 527. The number of carbonyl (C=O) groups is 1. The molecule has 22 heavy (non-hydrogen) atoms. The average molecular weight is 304 g/mol. The number of allylic oxidation sites excluding steroid dienone is 5. The number of ether oxygens (including phenoxy) is 2. The number of hydrogen-bond acceptors (Lipinski definition) is 3. The molecule has 0 amide bonds. The maximum atomic E-state index is 12.2. The number of hydrogen-bond donors (Lipinski definition) is 0. The maximum Gasteiger partial charge on any atom is 0.178 e. The number of fused-ring (bicyclic) bond motifs is 1. The Kier molecular flexibility index (Phi) is 4.78. The largest absolute Gasteiger partial charge is 0.356 e. The van der Waals surface area contributed by atoms with Crippen molar-refractivity contribution in [1.29, 1.82) is 0 Å². The monoisotopic (exact) mass is 304 g/mol. The van der Waals surface area contributed by atoms with Crippen molar-refractivity contribution in [3.63, 3.8) is 0 Å². The van der Waals surface area contributed by atoms with Crippen molar-refractivity contribution in [2.24, 2.45) is 16.7 Å². The van der Waals surface area contributed by atoms with E-state index in [4.69, 9.17) is 9.47 Å². The van der Waals surface area contributed by atoms with Gasteiger partial charge in [-0.3, -0.25) is 4.79 Å². The summed E-state index contributed by atoms with van der Waals surface area (Å²) < 4.78 is 10.9. The highest BCUT2D eigenvalue weighted by Gasteiger charge is 2.51. The fourth-order valence-corrected chi connectivity index (χ4v) is 4.20. The van der Waals surface area contributed by atoms with Gasteiger partial charge < -0.3 is 9.47 Å². The van der Waals surface area contributed by atoms with E-state index < -0.39 is 0 Å². The first-order valence-electron chi connectivity index (χ1n) is 7.98. The Balaban J connectivity index is 2.52. The lowest BCUT2D eigenvalue weighted by molar-refractivity contribution is -0.129. The maximum absolute atomic E-state index is 12.2. The Morgan fingerprint density at radius 2 is 2.05 bits per heavy atom. The summed E-state index contributed by atoms with van der Waals surface area (Å²) in [7, 11) is 3.33. The Morgan fingerprint density at radius 3 is 2.59 bits per heavy atom. The van der Waals surface area contributed by atoms with Crippen LogP contribution in [0.5, 0.6) is 0 Å². The quantitative estimate of drug-likeness (QED) is 0.567. The second-order valence-electron chi connectivity index (χ2n) is 6.93. The molecule has 0 N–H and O–H groups in total. The summed E-state index contributed by atoms with van der Waals surface area (Å²) in [5, 5.41) is 0. The standard InChI is InChI=1S/C19H28O3/c1-7-19-9-8-13(2)18(4,12-17(21-5)22-6)16(19)11-15(20)10-14(19)3/h7,10-11,13,17H,1,8-9,12H2,2-6H3/t13-,18+,19+/m1/s1. The number of rotatable bonds is 5. The summed E-state index contributed by atoms with van der Waals surface area (Å²) >= 11 is 0. The topological polar surface area (TPSA) is 35.5 Å². The van der Waals surface area contributed by atoms with E-state index in [1.807, 2.05) is 19.1 Å². The zero-order valence-corrected chi connectivity index (χ0v) is 14.4. The molecule has 3 heteroatoms. The van der Waals surface area contributed by atoms with E-state index in [2.05, 4.69) is 20.4 Å². The predicted molar refractivity (Wildman–Crippen MR) is 88.4 cm³/mol. The van der Waals surface area contributed by atoms with Crippen molar-refractivity contribution in [1.82, 2.24) is 0 Å². The van der Waals surface area contributed by atoms with Gasteiger partial charge in [-0.05, 0) is 48.8 Å². The minimum atomic E-state index is -0.268. The van der Waals surface area contributed by atoms with Crippen LogP contribution in [0.4, 0.5) is 0 Å². The lowest BCUT2D eigenvalue weighted by Crippen LogP contribution is -2.46. The molecule has 0 aromatic rings. The third-order valence-electron chi connectivity index (χ3n) is 5.97. The fourth-order valence-electron chi connectivity index (χ4n) is 4.20. The fraction of sp³-hybridized carbons (Fsp3) is 0.632.